The van der Waals surface area contributed by atoms with Crippen LogP contribution < -0.4 is 10.8 Å². The lowest BCUT2D eigenvalue weighted by atomic mass is 10.0. The zero-order valence-corrected chi connectivity index (χ0v) is 14.8. The molecule has 1 amide bonds. The third-order valence-corrected chi connectivity index (χ3v) is 4.56. The van der Waals surface area contributed by atoms with E-state index < -0.39 is 0 Å². The van der Waals surface area contributed by atoms with E-state index in [1.54, 1.807) is 5.48 Å². The van der Waals surface area contributed by atoms with E-state index in [0.29, 0.717) is 6.42 Å². The van der Waals surface area contributed by atoms with Gasteiger partial charge in [0.1, 0.15) is 0 Å². The van der Waals surface area contributed by atoms with E-state index in [1.807, 2.05) is 6.20 Å². The van der Waals surface area contributed by atoms with E-state index in [-0.39, 0.29) is 5.91 Å². The van der Waals surface area contributed by atoms with Crippen LogP contribution in [-0.4, -0.2) is 22.6 Å². The summed E-state index contributed by atoms with van der Waals surface area (Å²) in [5, 5.41) is 13.1. The molecule has 5 heteroatoms. The minimum Gasteiger partial charge on any atom is -0.385 e. The smallest absolute Gasteiger partial charge is 0.243 e. The van der Waals surface area contributed by atoms with E-state index in [2.05, 4.69) is 58.8 Å². The molecule has 0 atom stereocenters. The van der Waals surface area contributed by atoms with Gasteiger partial charge in [0.25, 0.3) is 0 Å². The molecule has 0 bridgehead atoms. The highest BCUT2D eigenvalue weighted by Gasteiger charge is 2.01. The lowest BCUT2D eigenvalue weighted by Crippen LogP contribution is -2.17. The number of unbranched alkanes of at least 4 members (excludes halogenated alkanes) is 3. The topological polar surface area (TPSA) is 77.2 Å². The predicted octanol–water partition coefficient (Wildman–Crippen LogP) is 4.70. The highest BCUT2D eigenvalue weighted by atomic mass is 16.5. The third kappa shape index (κ3) is 4.86. The normalized spacial score (nSPS) is 10.8. The molecule has 1 heterocycles. The molecule has 5 nitrogen and oxygen atoms in total. The molecule has 0 unspecified atom stereocenters. The number of amides is 1. The van der Waals surface area contributed by atoms with Gasteiger partial charge in [0.05, 0.1) is 0 Å². The number of nitrogens with one attached hydrogen (secondary N) is 3. The van der Waals surface area contributed by atoms with Crippen LogP contribution in [0.1, 0.15) is 32.1 Å². The molecule has 3 rings (SSSR count). The number of H-pyrrole nitrogens is 1. The summed E-state index contributed by atoms with van der Waals surface area (Å²) in [5.74, 6) is -0.307. The molecule has 0 aliphatic carbocycles. The van der Waals surface area contributed by atoms with Gasteiger partial charge in [-0.3, -0.25) is 10.0 Å². The number of benzene rings is 2. The second kappa shape index (κ2) is 9.06. The molecule has 26 heavy (non-hydrogen) atoms. The Morgan fingerprint density at radius 2 is 1.69 bits per heavy atom. The Hall–Kier alpha value is -2.79. The van der Waals surface area contributed by atoms with Crippen molar-refractivity contribution in [1.29, 1.82) is 0 Å². The maximum absolute atomic E-state index is 10.9. The van der Waals surface area contributed by atoms with Crippen LogP contribution in [0.15, 0.2) is 54.7 Å². The van der Waals surface area contributed by atoms with Gasteiger partial charge in [-0.2, -0.15) is 0 Å². The molecule has 0 radical (unpaired) electrons. The Bertz CT molecular complexity index is 840. The van der Waals surface area contributed by atoms with Gasteiger partial charge >= 0.3 is 0 Å². The maximum atomic E-state index is 10.9. The average molecular weight is 351 g/mol. The fourth-order valence-electron chi connectivity index (χ4n) is 3.06. The average Bonchev–Trinajstić information content (AvgIpc) is 3.15. The molecule has 2 aromatic carbocycles. The van der Waals surface area contributed by atoms with Gasteiger partial charge in [0, 0.05) is 30.4 Å². The Morgan fingerprint density at radius 1 is 0.923 bits per heavy atom. The van der Waals surface area contributed by atoms with Gasteiger partial charge in [0.15, 0.2) is 0 Å². The van der Waals surface area contributed by atoms with E-state index >= 15 is 0 Å². The highest BCUT2D eigenvalue weighted by Crippen LogP contribution is 2.25. The number of hydrogen-bond acceptors (Lipinski definition) is 3. The molecule has 3 aromatic rings. The molecule has 0 spiro atoms. The van der Waals surface area contributed by atoms with Gasteiger partial charge in [0.2, 0.25) is 5.91 Å². The number of fused-ring (bicyclic) bond motifs is 1. The first-order chi connectivity index (χ1) is 12.8. The minimum atomic E-state index is -0.307. The van der Waals surface area contributed by atoms with Crippen molar-refractivity contribution in [2.24, 2.45) is 0 Å². The SMILES string of the molecule is O=C(CCCCCCNc1ccc(-c2ccc3cc[nH]c3c2)cc1)NO. The number of anilines is 1. The lowest BCUT2D eigenvalue weighted by Gasteiger charge is -2.08. The first kappa shape index (κ1) is 18.0. The minimum absolute atomic E-state index is 0.307. The van der Waals surface area contributed by atoms with Crippen molar-refractivity contribution in [3.05, 3.63) is 54.7 Å². The van der Waals surface area contributed by atoms with Crippen molar-refractivity contribution < 1.29 is 10.0 Å². The number of hydrogen-bond donors (Lipinski definition) is 4. The van der Waals surface area contributed by atoms with E-state index in [4.69, 9.17) is 5.21 Å². The molecule has 136 valence electrons. The number of hydroxylamine groups is 1. The highest BCUT2D eigenvalue weighted by molar-refractivity contribution is 5.85. The zero-order valence-electron chi connectivity index (χ0n) is 14.8. The third-order valence-electron chi connectivity index (χ3n) is 4.56. The predicted molar refractivity (Wildman–Crippen MR) is 105 cm³/mol. The summed E-state index contributed by atoms with van der Waals surface area (Å²) in [6, 6.07) is 17.0. The van der Waals surface area contributed by atoms with E-state index in [9.17, 15) is 4.79 Å². The lowest BCUT2D eigenvalue weighted by molar-refractivity contribution is -0.129. The number of carbonyl (C=O) groups excluding carboxylic acids is 1. The van der Waals surface area contributed by atoms with Gasteiger partial charge in [-0.25, -0.2) is 5.48 Å². The Labute approximate surface area is 153 Å². The van der Waals surface area contributed by atoms with Crippen molar-refractivity contribution in [3.63, 3.8) is 0 Å². The maximum Gasteiger partial charge on any atom is 0.243 e. The largest absolute Gasteiger partial charge is 0.385 e. The summed E-state index contributed by atoms with van der Waals surface area (Å²) >= 11 is 0. The summed E-state index contributed by atoms with van der Waals surface area (Å²) in [6.45, 7) is 0.917. The molecule has 4 N–H and O–H groups in total. The van der Waals surface area contributed by atoms with Crippen LogP contribution in [0.25, 0.3) is 22.0 Å². The number of aromatic amines is 1. The van der Waals surface area contributed by atoms with Crippen LogP contribution in [0.2, 0.25) is 0 Å². The summed E-state index contributed by atoms with van der Waals surface area (Å²) in [7, 11) is 0. The van der Waals surface area contributed by atoms with Crippen molar-refractivity contribution in [1.82, 2.24) is 10.5 Å². The Balaban J connectivity index is 1.42. The van der Waals surface area contributed by atoms with Crippen LogP contribution in [-0.2, 0) is 4.79 Å². The van der Waals surface area contributed by atoms with Gasteiger partial charge in [-0.1, -0.05) is 37.1 Å². The van der Waals surface area contributed by atoms with Crippen LogP contribution in [0, 0.1) is 0 Å². The van der Waals surface area contributed by atoms with Crippen LogP contribution >= 0.6 is 0 Å². The molecule has 0 aliphatic heterocycles. The quantitative estimate of drug-likeness (QED) is 0.256. The summed E-state index contributed by atoms with van der Waals surface area (Å²) in [5.41, 5.74) is 6.34. The zero-order chi connectivity index (χ0) is 18.2. The van der Waals surface area contributed by atoms with E-state index in [0.717, 1.165) is 43.4 Å². The molecular formula is C21H25N3O2. The van der Waals surface area contributed by atoms with Gasteiger partial charge < -0.3 is 10.3 Å². The number of aromatic nitrogens is 1. The van der Waals surface area contributed by atoms with Crippen LogP contribution in [0.3, 0.4) is 0 Å². The number of rotatable bonds is 9. The summed E-state index contributed by atoms with van der Waals surface area (Å²) in [6.07, 6.45) is 6.29. The molecule has 0 fully saturated rings. The van der Waals surface area contributed by atoms with Crippen molar-refractivity contribution in [3.8, 4) is 11.1 Å². The molecule has 1 aromatic heterocycles. The molecular weight excluding hydrogens is 326 g/mol. The first-order valence-electron chi connectivity index (χ1n) is 9.10. The summed E-state index contributed by atoms with van der Waals surface area (Å²) < 4.78 is 0. The Morgan fingerprint density at radius 3 is 2.50 bits per heavy atom. The fraction of sp³-hybridized carbons (Fsp3) is 0.286. The molecule has 0 saturated carbocycles. The van der Waals surface area contributed by atoms with Crippen LogP contribution in [0.5, 0.6) is 0 Å². The van der Waals surface area contributed by atoms with Crippen molar-refractivity contribution in [2.75, 3.05) is 11.9 Å². The Kier molecular flexibility index (Phi) is 6.28. The second-order valence-corrected chi connectivity index (χ2v) is 6.48. The molecule has 0 saturated heterocycles. The first-order valence-corrected chi connectivity index (χ1v) is 9.10. The van der Waals surface area contributed by atoms with Gasteiger partial charge in [-0.05, 0) is 53.6 Å². The monoisotopic (exact) mass is 351 g/mol. The number of carbonyl (C=O) groups is 1. The van der Waals surface area contributed by atoms with Crippen molar-refractivity contribution >= 4 is 22.5 Å². The molecule has 0 aliphatic rings. The standard InChI is InChI=1S/C21H25N3O2/c25-21(24-26)5-3-1-2-4-13-22-19-10-8-16(9-11-19)18-7-6-17-12-14-23-20(17)15-18/h6-12,14-15,22-23,26H,1-5,13H2,(H,24,25). The van der Waals surface area contributed by atoms with Crippen LogP contribution in [0.4, 0.5) is 5.69 Å². The van der Waals surface area contributed by atoms with E-state index in [1.165, 1.54) is 16.5 Å². The summed E-state index contributed by atoms with van der Waals surface area (Å²) in [4.78, 5) is 14.1. The fourth-order valence-corrected chi connectivity index (χ4v) is 3.06. The van der Waals surface area contributed by atoms with Gasteiger partial charge in [-0.15, -0.1) is 0 Å². The van der Waals surface area contributed by atoms with Crippen molar-refractivity contribution in [2.45, 2.75) is 32.1 Å². The second-order valence-electron chi connectivity index (χ2n) is 6.48.